The molecule has 1 amide bonds. The molecule has 0 saturated heterocycles. The SMILES string of the molecule is CCc1ccc([C@H]2Nn3c(CC)nnc3S[C@@H]2C(=O)Nc2cccc(OC)c2)cc1. The van der Waals surface area contributed by atoms with Crippen LogP contribution in [0.2, 0.25) is 0 Å². The predicted molar refractivity (Wildman–Crippen MR) is 119 cm³/mol. The summed E-state index contributed by atoms with van der Waals surface area (Å²) in [6, 6.07) is 15.5. The van der Waals surface area contributed by atoms with Gasteiger partial charge in [0.25, 0.3) is 0 Å². The van der Waals surface area contributed by atoms with Crippen LogP contribution in [0.15, 0.2) is 53.7 Å². The molecule has 0 aliphatic carbocycles. The fourth-order valence-electron chi connectivity index (χ4n) is 3.45. The van der Waals surface area contributed by atoms with Crippen molar-refractivity contribution in [1.82, 2.24) is 14.9 Å². The molecule has 7 nitrogen and oxygen atoms in total. The molecule has 0 bridgehead atoms. The summed E-state index contributed by atoms with van der Waals surface area (Å²) in [7, 11) is 1.61. The van der Waals surface area contributed by atoms with Gasteiger partial charge < -0.3 is 15.5 Å². The highest BCUT2D eigenvalue weighted by atomic mass is 32.2. The first-order chi connectivity index (χ1) is 14.6. The number of hydrogen-bond acceptors (Lipinski definition) is 6. The van der Waals surface area contributed by atoms with Gasteiger partial charge in [-0.3, -0.25) is 4.79 Å². The number of methoxy groups -OCH3 is 1. The highest BCUT2D eigenvalue weighted by Gasteiger charge is 2.37. The number of fused-ring (bicyclic) bond motifs is 1. The highest BCUT2D eigenvalue weighted by molar-refractivity contribution is 8.00. The largest absolute Gasteiger partial charge is 0.497 e. The summed E-state index contributed by atoms with van der Waals surface area (Å²) < 4.78 is 7.17. The molecule has 0 radical (unpaired) electrons. The molecule has 0 saturated carbocycles. The average molecular weight is 424 g/mol. The van der Waals surface area contributed by atoms with E-state index in [4.69, 9.17) is 4.74 Å². The number of benzene rings is 2. The van der Waals surface area contributed by atoms with Gasteiger partial charge in [-0.1, -0.05) is 55.9 Å². The van der Waals surface area contributed by atoms with Crippen LogP contribution in [0, 0.1) is 0 Å². The minimum atomic E-state index is -0.412. The number of nitrogens with zero attached hydrogens (tertiary/aromatic N) is 3. The van der Waals surface area contributed by atoms with Gasteiger partial charge in [-0.15, -0.1) is 10.2 Å². The smallest absolute Gasteiger partial charge is 0.240 e. The number of rotatable bonds is 6. The van der Waals surface area contributed by atoms with Crippen molar-refractivity contribution in [1.29, 1.82) is 0 Å². The molecular formula is C22H25N5O2S. The second-order valence-corrected chi connectivity index (χ2v) is 8.16. The maximum absolute atomic E-state index is 13.3. The Balaban J connectivity index is 1.65. The lowest BCUT2D eigenvalue weighted by Gasteiger charge is -2.33. The third kappa shape index (κ3) is 4.00. The number of nitrogens with one attached hydrogen (secondary N) is 2. The minimum absolute atomic E-state index is 0.0994. The first-order valence-corrected chi connectivity index (χ1v) is 10.9. The standard InChI is InChI=1S/C22H25N5O2S/c1-4-14-9-11-15(12-10-14)19-20(30-22-25-24-18(5-2)27(22)26-19)21(28)23-16-7-6-8-17(13-16)29-3/h6-13,19-20,26H,4-5H2,1-3H3,(H,23,28)/t19-,20+/m1/s1. The molecule has 156 valence electrons. The summed E-state index contributed by atoms with van der Waals surface area (Å²) in [6.45, 7) is 4.17. The molecule has 1 aliphatic heterocycles. The molecule has 1 aromatic heterocycles. The number of thioether (sulfide) groups is 1. The molecule has 2 heterocycles. The van der Waals surface area contributed by atoms with Crippen molar-refractivity contribution in [2.24, 2.45) is 0 Å². The lowest BCUT2D eigenvalue weighted by Crippen LogP contribution is -2.41. The Morgan fingerprint density at radius 3 is 2.67 bits per heavy atom. The van der Waals surface area contributed by atoms with Crippen molar-refractivity contribution < 1.29 is 9.53 Å². The molecule has 0 spiro atoms. The van der Waals surface area contributed by atoms with Gasteiger partial charge in [-0.05, 0) is 29.7 Å². The van der Waals surface area contributed by atoms with Crippen LogP contribution in [-0.4, -0.2) is 33.1 Å². The van der Waals surface area contributed by atoms with Gasteiger partial charge in [-0.25, -0.2) is 4.68 Å². The normalized spacial score (nSPS) is 17.7. The predicted octanol–water partition coefficient (Wildman–Crippen LogP) is 3.81. The Kier molecular flexibility index (Phi) is 5.94. The quantitative estimate of drug-likeness (QED) is 0.628. The first-order valence-electron chi connectivity index (χ1n) is 10.0. The van der Waals surface area contributed by atoms with E-state index in [1.807, 2.05) is 35.9 Å². The minimum Gasteiger partial charge on any atom is -0.497 e. The number of aryl methyl sites for hydroxylation is 2. The molecule has 2 aromatic carbocycles. The van der Waals surface area contributed by atoms with Gasteiger partial charge in [0.05, 0.1) is 13.2 Å². The Labute approximate surface area is 180 Å². The van der Waals surface area contributed by atoms with Crippen LogP contribution in [-0.2, 0) is 17.6 Å². The summed E-state index contributed by atoms with van der Waals surface area (Å²) in [4.78, 5) is 13.3. The maximum atomic E-state index is 13.3. The van der Waals surface area contributed by atoms with Crippen LogP contribution < -0.4 is 15.5 Å². The van der Waals surface area contributed by atoms with E-state index in [1.165, 1.54) is 17.3 Å². The number of aromatic nitrogens is 3. The molecule has 0 unspecified atom stereocenters. The van der Waals surface area contributed by atoms with E-state index in [1.54, 1.807) is 7.11 Å². The number of hydrogen-bond donors (Lipinski definition) is 2. The third-order valence-electron chi connectivity index (χ3n) is 5.16. The molecular weight excluding hydrogens is 398 g/mol. The van der Waals surface area contributed by atoms with E-state index in [2.05, 4.69) is 52.1 Å². The van der Waals surface area contributed by atoms with Crippen molar-refractivity contribution in [3.05, 3.63) is 65.5 Å². The van der Waals surface area contributed by atoms with Crippen molar-refractivity contribution in [2.45, 2.75) is 43.1 Å². The second kappa shape index (κ2) is 8.79. The number of carbonyl (C=O) groups excluding carboxylic acids is 1. The molecule has 2 atom stereocenters. The molecule has 3 aromatic rings. The van der Waals surface area contributed by atoms with Crippen LogP contribution in [0.1, 0.15) is 36.8 Å². The summed E-state index contributed by atoms with van der Waals surface area (Å²) >= 11 is 1.43. The number of amides is 1. The summed E-state index contributed by atoms with van der Waals surface area (Å²) in [5.74, 6) is 1.44. The van der Waals surface area contributed by atoms with Crippen LogP contribution in [0.25, 0.3) is 0 Å². The zero-order valence-corrected chi connectivity index (χ0v) is 18.1. The Morgan fingerprint density at radius 2 is 1.97 bits per heavy atom. The Bertz CT molecular complexity index is 1030. The Hall–Kier alpha value is -3.00. The molecule has 1 aliphatic rings. The molecule has 2 N–H and O–H groups in total. The van der Waals surface area contributed by atoms with Crippen molar-refractivity contribution >= 4 is 23.4 Å². The van der Waals surface area contributed by atoms with Gasteiger partial charge in [0, 0.05) is 18.2 Å². The summed E-state index contributed by atoms with van der Waals surface area (Å²) in [5, 5.41) is 11.8. The molecule has 30 heavy (non-hydrogen) atoms. The van der Waals surface area contributed by atoms with Gasteiger partial charge in [0.2, 0.25) is 11.1 Å². The highest BCUT2D eigenvalue weighted by Crippen LogP contribution is 2.37. The average Bonchev–Trinajstić information content (AvgIpc) is 3.20. The first kappa shape index (κ1) is 20.3. The van der Waals surface area contributed by atoms with Crippen LogP contribution in [0.5, 0.6) is 5.75 Å². The topological polar surface area (TPSA) is 81.1 Å². The number of anilines is 1. The summed E-state index contributed by atoms with van der Waals surface area (Å²) in [6.07, 6.45) is 1.73. The number of ether oxygens (including phenoxy) is 1. The zero-order valence-electron chi connectivity index (χ0n) is 17.3. The van der Waals surface area contributed by atoms with E-state index in [0.717, 1.165) is 24.2 Å². The van der Waals surface area contributed by atoms with E-state index in [9.17, 15) is 4.79 Å². The lowest BCUT2D eigenvalue weighted by atomic mass is 10.0. The molecule has 8 heteroatoms. The van der Waals surface area contributed by atoms with Crippen molar-refractivity contribution in [3.8, 4) is 5.75 Å². The maximum Gasteiger partial charge on any atom is 0.240 e. The molecule has 4 rings (SSSR count). The van der Waals surface area contributed by atoms with E-state index < -0.39 is 5.25 Å². The van der Waals surface area contributed by atoms with E-state index >= 15 is 0 Å². The molecule has 0 fully saturated rings. The van der Waals surface area contributed by atoms with Crippen molar-refractivity contribution in [2.75, 3.05) is 17.9 Å². The van der Waals surface area contributed by atoms with Gasteiger partial charge in [0.1, 0.15) is 11.0 Å². The monoisotopic (exact) mass is 423 g/mol. The third-order valence-corrected chi connectivity index (χ3v) is 6.38. The summed E-state index contributed by atoms with van der Waals surface area (Å²) in [5.41, 5.74) is 6.48. The fraction of sp³-hybridized carbons (Fsp3) is 0.318. The van der Waals surface area contributed by atoms with Crippen LogP contribution in [0.4, 0.5) is 5.69 Å². The van der Waals surface area contributed by atoms with E-state index in [0.29, 0.717) is 16.6 Å². The Morgan fingerprint density at radius 1 is 1.17 bits per heavy atom. The van der Waals surface area contributed by atoms with Crippen molar-refractivity contribution in [3.63, 3.8) is 0 Å². The van der Waals surface area contributed by atoms with Gasteiger partial charge in [-0.2, -0.15) is 0 Å². The number of carbonyl (C=O) groups is 1. The van der Waals surface area contributed by atoms with Crippen LogP contribution in [0.3, 0.4) is 0 Å². The fourth-order valence-corrected chi connectivity index (χ4v) is 4.55. The second-order valence-electron chi connectivity index (χ2n) is 7.05. The van der Waals surface area contributed by atoms with Gasteiger partial charge in [0.15, 0.2) is 5.82 Å². The van der Waals surface area contributed by atoms with Crippen LogP contribution >= 0.6 is 11.8 Å². The zero-order chi connectivity index (χ0) is 21.1. The van der Waals surface area contributed by atoms with Gasteiger partial charge >= 0.3 is 0 Å². The lowest BCUT2D eigenvalue weighted by molar-refractivity contribution is -0.116. The van der Waals surface area contributed by atoms with E-state index in [-0.39, 0.29) is 11.9 Å².